The Kier molecular flexibility index (Phi) is 6.26. The molecule has 0 N–H and O–H groups in total. The van der Waals surface area contributed by atoms with Gasteiger partial charge in [0, 0.05) is 18.8 Å². The highest BCUT2D eigenvalue weighted by Crippen LogP contribution is 2.27. The lowest BCUT2D eigenvalue weighted by atomic mass is 10.1. The summed E-state index contributed by atoms with van der Waals surface area (Å²) in [7, 11) is 0. The third kappa shape index (κ3) is 4.43. The molecule has 4 heteroatoms. The Balaban J connectivity index is 1.84. The van der Waals surface area contributed by atoms with Crippen molar-refractivity contribution in [2.45, 2.75) is 32.7 Å². The SMILES string of the molecule is CCCCN1CCN=C1CN(c1ccc(F)cc1)C(C)c1ccccc1. The normalized spacial score (nSPS) is 15.0. The molecule has 2 aromatic carbocycles. The summed E-state index contributed by atoms with van der Waals surface area (Å²) in [6, 6.07) is 17.4. The van der Waals surface area contributed by atoms with Crippen molar-refractivity contribution in [3.05, 3.63) is 66.0 Å². The predicted octanol–water partition coefficient (Wildman–Crippen LogP) is 4.91. The summed E-state index contributed by atoms with van der Waals surface area (Å²) in [5.74, 6) is 0.939. The predicted molar refractivity (Wildman–Crippen MR) is 107 cm³/mol. The van der Waals surface area contributed by atoms with E-state index in [1.807, 2.05) is 18.2 Å². The molecule has 2 aromatic rings. The van der Waals surface area contributed by atoms with Crippen LogP contribution < -0.4 is 4.90 Å². The first kappa shape index (κ1) is 18.4. The molecule has 1 aliphatic heterocycles. The molecule has 1 aliphatic rings. The van der Waals surface area contributed by atoms with E-state index in [2.05, 4.69) is 47.9 Å². The smallest absolute Gasteiger partial charge is 0.123 e. The fourth-order valence-corrected chi connectivity index (χ4v) is 3.42. The van der Waals surface area contributed by atoms with Crippen LogP contribution in [0.4, 0.5) is 10.1 Å². The topological polar surface area (TPSA) is 18.8 Å². The van der Waals surface area contributed by atoms with Gasteiger partial charge in [-0.2, -0.15) is 0 Å². The summed E-state index contributed by atoms with van der Waals surface area (Å²) in [4.78, 5) is 9.47. The number of amidine groups is 1. The van der Waals surface area contributed by atoms with Crippen molar-refractivity contribution in [1.29, 1.82) is 0 Å². The zero-order valence-electron chi connectivity index (χ0n) is 15.7. The molecule has 0 radical (unpaired) electrons. The van der Waals surface area contributed by atoms with Crippen molar-refractivity contribution in [2.75, 3.05) is 31.1 Å². The summed E-state index contributed by atoms with van der Waals surface area (Å²) in [5, 5.41) is 0. The van der Waals surface area contributed by atoms with Crippen molar-refractivity contribution in [1.82, 2.24) is 4.90 Å². The van der Waals surface area contributed by atoms with Crippen LogP contribution in [0.25, 0.3) is 0 Å². The number of hydrogen-bond acceptors (Lipinski definition) is 3. The van der Waals surface area contributed by atoms with Gasteiger partial charge in [-0.05, 0) is 43.2 Å². The highest BCUT2D eigenvalue weighted by Gasteiger charge is 2.23. The molecular formula is C22H28FN3. The van der Waals surface area contributed by atoms with Gasteiger partial charge in [0.15, 0.2) is 0 Å². The van der Waals surface area contributed by atoms with Gasteiger partial charge in [-0.15, -0.1) is 0 Å². The molecule has 3 rings (SSSR count). The largest absolute Gasteiger partial charge is 0.357 e. The number of anilines is 1. The summed E-state index contributed by atoms with van der Waals surface area (Å²) < 4.78 is 13.4. The number of benzene rings is 2. The number of aliphatic imine (C=N–C) groups is 1. The lowest BCUT2D eigenvalue weighted by molar-refractivity contribution is 0.436. The molecule has 0 amide bonds. The molecule has 1 unspecified atom stereocenters. The van der Waals surface area contributed by atoms with Crippen LogP contribution in [0.2, 0.25) is 0 Å². The van der Waals surface area contributed by atoms with Gasteiger partial charge in [-0.3, -0.25) is 4.99 Å². The van der Waals surface area contributed by atoms with Crippen LogP contribution in [0.5, 0.6) is 0 Å². The zero-order chi connectivity index (χ0) is 18.4. The van der Waals surface area contributed by atoms with E-state index in [9.17, 15) is 4.39 Å². The molecule has 0 spiro atoms. The van der Waals surface area contributed by atoms with Crippen LogP contribution in [-0.4, -0.2) is 36.9 Å². The average molecular weight is 353 g/mol. The molecule has 0 bridgehead atoms. The standard InChI is InChI=1S/C22H28FN3/c1-3-4-15-25-16-14-24-22(25)17-26(21-12-10-20(23)11-13-21)18(2)19-8-6-5-7-9-19/h5-13,18H,3-4,14-17H2,1-2H3. The maximum Gasteiger partial charge on any atom is 0.123 e. The summed E-state index contributed by atoms with van der Waals surface area (Å²) >= 11 is 0. The quantitative estimate of drug-likeness (QED) is 0.672. The minimum atomic E-state index is -0.205. The minimum absolute atomic E-state index is 0.179. The van der Waals surface area contributed by atoms with Gasteiger partial charge in [0.2, 0.25) is 0 Å². The van der Waals surface area contributed by atoms with E-state index in [0.29, 0.717) is 0 Å². The summed E-state index contributed by atoms with van der Waals surface area (Å²) in [6.45, 7) is 8.10. The van der Waals surface area contributed by atoms with Gasteiger partial charge in [0.25, 0.3) is 0 Å². The Labute approximate surface area is 156 Å². The second-order valence-corrected chi connectivity index (χ2v) is 6.83. The lowest BCUT2D eigenvalue weighted by Gasteiger charge is -2.34. The van der Waals surface area contributed by atoms with Crippen LogP contribution in [-0.2, 0) is 0 Å². The van der Waals surface area contributed by atoms with E-state index in [4.69, 9.17) is 4.99 Å². The number of unbranched alkanes of at least 4 members (excludes halogenated alkanes) is 1. The monoisotopic (exact) mass is 353 g/mol. The minimum Gasteiger partial charge on any atom is -0.357 e. The fourth-order valence-electron chi connectivity index (χ4n) is 3.42. The van der Waals surface area contributed by atoms with E-state index < -0.39 is 0 Å². The Bertz CT molecular complexity index is 712. The van der Waals surface area contributed by atoms with Crippen LogP contribution in [0, 0.1) is 5.82 Å². The van der Waals surface area contributed by atoms with Crippen molar-refractivity contribution in [3.63, 3.8) is 0 Å². The molecule has 138 valence electrons. The molecule has 0 saturated carbocycles. The second-order valence-electron chi connectivity index (χ2n) is 6.83. The molecule has 1 heterocycles. The van der Waals surface area contributed by atoms with E-state index >= 15 is 0 Å². The Morgan fingerprint density at radius 2 is 1.85 bits per heavy atom. The van der Waals surface area contributed by atoms with Crippen molar-refractivity contribution >= 4 is 11.5 Å². The summed E-state index contributed by atoms with van der Waals surface area (Å²) in [6.07, 6.45) is 2.37. The maximum absolute atomic E-state index is 13.4. The van der Waals surface area contributed by atoms with Crippen LogP contribution >= 0.6 is 0 Å². The number of rotatable bonds is 8. The number of nitrogens with zero attached hydrogens (tertiary/aromatic N) is 3. The fraction of sp³-hybridized carbons (Fsp3) is 0.409. The Morgan fingerprint density at radius 1 is 1.12 bits per heavy atom. The summed E-state index contributed by atoms with van der Waals surface area (Å²) in [5.41, 5.74) is 2.27. The van der Waals surface area contributed by atoms with Crippen molar-refractivity contribution in [2.24, 2.45) is 4.99 Å². The highest BCUT2D eigenvalue weighted by atomic mass is 19.1. The van der Waals surface area contributed by atoms with Crippen LogP contribution in [0.3, 0.4) is 0 Å². The van der Waals surface area contributed by atoms with Gasteiger partial charge in [-0.1, -0.05) is 43.7 Å². The second kappa shape index (κ2) is 8.84. The van der Waals surface area contributed by atoms with Crippen molar-refractivity contribution < 1.29 is 4.39 Å². The third-order valence-electron chi connectivity index (χ3n) is 5.03. The average Bonchev–Trinajstić information content (AvgIpc) is 3.12. The first-order chi connectivity index (χ1) is 12.7. The van der Waals surface area contributed by atoms with Crippen LogP contribution in [0.15, 0.2) is 59.6 Å². The van der Waals surface area contributed by atoms with Gasteiger partial charge in [0.1, 0.15) is 11.7 Å². The first-order valence-corrected chi connectivity index (χ1v) is 9.54. The lowest BCUT2D eigenvalue weighted by Crippen LogP contribution is -2.40. The first-order valence-electron chi connectivity index (χ1n) is 9.54. The van der Waals surface area contributed by atoms with Crippen molar-refractivity contribution in [3.8, 4) is 0 Å². The Hall–Kier alpha value is -2.36. The van der Waals surface area contributed by atoms with Crippen LogP contribution in [0.1, 0.15) is 38.3 Å². The molecule has 26 heavy (non-hydrogen) atoms. The molecule has 1 atom stereocenters. The Morgan fingerprint density at radius 3 is 2.54 bits per heavy atom. The maximum atomic E-state index is 13.4. The van der Waals surface area contributed by atoms with Gasteiger partial charge >= 0.3 is 0 Å². The highest BCUT2D eigenvalue weighted by molar-refractivity contribution is 5.88. The third-order valence-corrected chi connectivity index (χ3v) is 5.03. The van der Waals surface area contributed by atoms with Gasteiger partial charge in [-0.25, -0.2) is 4.39 Å². The molecular weight excluding hydrogens is 325 g/mol. The molecule has 0 saturated heterocycles. The molecule has 0 fully saturated rings. The van der Waals surface area contributed by atoms with Gasteiger partial charge < -0.3 is 9.80 Å². The number of hydrogen-bond donors (Lipinski definition) is 0. The molecule has 0 aromatic heterocycles. The zero-order valence-corrected chi connectivity index (χ0v) is 15.7. The van der Waals surface area contributed by atoms with E-state index in [-0.39, 0.29) is 11.9 Å². The molecule has 0 aliphatic carbocycles. The van der Waals surface area contributed by atoms with E-state index in [0.717, 1.165) is 37.7 Å². The van der Waals surface area contributed by atoms with Gasteiger partial charge in [0.05, 0.1) is 19.1 Å². The number of halogens is 1. The van der Waals surface area contributed by atoms with E-state index in [1.165, 1.54) is 30.5 Å². The molecule has 3 nitrogen and oxygen atoms in total. The van der Waals surface area contributed by atoms with E-state index in [1.54, 1.807) is 0 Å².